The second kappa shape index (κ2) is 5.56. The van der Waals surface area contributed by atoms with Crippen molar-refractivity contribution in [1.29, 1.82) is 0 Å². The molecule has 1 aromatic carbocycles. The van der Waals surface area contributed by atoms with Crippen LogP contribution in [0.4, 0.5) is 0 Å². The molecule has 1 saturated heterocycles. The third kappa shape index (κ3) is 3.20. The van der Waals surface area contributed by atoms with E-state index in [1.54, 1.807) is 4.90 Å². The normalized spacial score (nSPS) is 17.2. The third-order valence-corrected chi connectivity index (χ3v) is 5.77. The number of likely N-dealkylation sites (tertiary alicyclic amines) is 1. The standard InChI is InChI=1S/C15H21NO3S/c1-11-4-5-13(10-12(11)2)15(17)16-8-6-14(7-9-16)20(3,18)19/h4-5,10,14H,6-9H2,1-3H3. The Kier molecular flexibility index (Phi) is 4.18. The molecular weight excluding hydrogens is 274 g/mol. The van der Waals surface area contributed by atoms with Gasteiger partial charge in [-0.3, -0.25) is 4.79 Å². The Bertz CT molecular complexity index is 614. The van der Waals surface area contributed by atoms with Crippen LogP contribution in [-0.2, 0) is 9.84 Å². The lowest BCUT2D eigenvalue weighted by molar-refractivity contribution is 0.0725. The minimum Gasteiger partial charge on any atom is -0.339 e. The number of piperidine rings is 1. The molecule has 0 spiro atoms. The van der Waals surface area contributed by atoms with E-state index in [-0.39, 0.29) is 11.2 Å². The maximum atomic E-state index is 12.4. The summed E-state index contributed by atoms with van der Waals surface area (Å²) < 4.78 is 23.0. The van der Waals surface area contributed by atoms with Crippen molar-refractivity contribution in [1.82, 2.24) is 4.90 Å². The van der Waals surface area contributed by atoms with Crippen molar-refractivity contribution in [2.24, 2.45) is 0 Å². The average Bonchev–Trinajstić information content (AvgIpc) is 2.40. The van der Waals surface area contributed by atoms with Gasteiger partial charge in [0.15, 0.2) is 0 Å². The van der Waals surface area contributed by atoms with Crippen molar-refractivity contribution in [3.8, 4) is 0 Å². The Hall–Kier alpha value is -1.36. The molecule has 110 valence electrons. The molecule has 0 aliphatic carbocycles. The first-order valence-corrected chi connectivity index (χ1v) is 8.80. The average molecular weight is 295 g/mol. The molecule has 1 amide bonds. The highest BCUT2D eigenvalue weighted by Crippen LogP contribution is 2.20. The predicted molar refractivity (Wildman–Crippen MR) is 79.7 cm³/mol. The molecule has 0 bridgehead atoms. The van der Waals surface area contributed by atoms with Gasteiger partial charge in [0.2, 0.25) is 0 Å². The molecule has 5 heteroatoms. The number of amides is 1. The summed E-state index contributed by atoms with van der Waals surface area (Å²) in [4.78, 5) is 14.2. The smallest absolute Gasteiger partial charge is 0.253 e. The zero-order chi connectivity index (χ0) is 14.9. The summed E-state index contributed by atoms with van der Waals surface area (Å²) >= 11 is 0. The largest absolute Gasteiger partial charge is 0.339 e. The van der Waals surface area contributed by atoms with Gasteiger partial charge in [0.1, 0.15) is 9.84 Å². The number of rotatable bonds is 2. The Morgan fingerprint density at radius 2 is 1.75 bits per heavy atom. The van der Waals surface area contributed by atoms with Crippen LogP contribution in [-0.4, -0.2) is 43.8 Å². The number of carbonyl (C=O) groups is 1. The first kappa shape index (κ1) is 15.0. The van der Waals surface area contributed by atoms with Gasteiger partial charge in [0.25, 0.3) is 5.91 Å². The number of sulfone groups is 1. The molecule has 20 heavy (non-hydrogen) atoms. The minimum absolute atomic E-state index is 0.0000472. The van der Waals surface area contributed by atoms with E-state index in [4.69, 9.17) is 0 Å². The van der Waals surface area contributed by atoms with Gasteiger partial charge in [0.05, 0.1) is 5.25 Å². The topological polar surface area (TPSA) is 54.5 Å². The van der Waals surface area contributed by atoms with E-state index in [0.717, 1.165) is 11.1 Å². The summed E-state index contributed by atoms with van der Waals surface area (Å²) in [5, 5.41) is -0.300. The molecule has 1 aromatic rings. The van der Waals surface area contributed by atoms with E-state index in [2.05, 4.69) is 0 Å². The van der Waals surface area contributed by atoms with Gasteiger partial charge in [-0.2, -0.15) is 0 Å². The summed E-state index contributed by atoms with van der Waals surface area (Å²) in [7, 11) is -2.99. The fourth-order valence-electron chi connectivity index (χ4n) is 2.54. The van der Waals surface area contributed by atoms with Gasteiger partial charge in [-0.25, -0.2) is 8.42 Å². The molecule has 0 aromatic heterocycles. The number of aryl methyl sites for hydroxylation is 2. The number of hydrogen-bond acceptors (Lipinski definition) is 3. The molecule has 0 N–H and O–H groups in total. The summed E-state index contributed by atoms with van der Waals surface area (Å²) in [6.07, 6.45) is 2.35. The van der Waals surface area contributed by atoms with E-state index in [1.165, 1.54) is 6.26 Å². The molecule has 0 unspecified atom stereocenters. The van der Waals surface area contributed by atoms with Gasteiger partial charge >= 0.3 is 0 Å². The summed E-state index contributed by atoms with van der Waals surface area (Å²) in [6, 6.07) is 5.69. The highest BCUT2D eigenvalue weighted by atomic mass is 32.2. The Morgan fingerprint density at radius 3 is 2.25 bits per heavy atom. The van der Waals surface area contributed by atoms with Crippen molar-refractivity contribution < 1.29 is 13.2 Å². The van der Waals surface area contributed by atoms with E-state index in [9.17, 15) is 13.2 Å². The van der Waals surface area contributed by atoms with Crippen molar-refractivity contribution >= 4 is 15.7 Å². The summed E-state index contributed by atoms with van der Waals surface area (Å²) in [5.41, 5.74) is 2.95. The van der Waals surface area contributed by atoms with Crippen molar-refractivity contribution in [2.45, 2.75) is 31.9 Å². The monoisotopic (exact) mass is 295 g/mol. The SMILES string of the molecule is Cc1ccc(C(=O)N2CCC(S(C)(=O)=O)CC2)cc1C. The van der Waals surface area contributed by atoms with Crippen molar-refractivity contribution in [2.75, 3.05) is 19.3 Å². The van der Waals surface area contributed by atoms with E-state index in [1.807, 2.05) is 32.0 Å². The first-order chi connectivity index (χ1) is 9.29. The maximum absolute atomic E-state index is 12.4. The first-order valence-electron chi connectivity index (χ1n) is 6.84. The molecule has 0 saturated carbocycles. The Balaban J connectivity index is 2.07. The second-order valence-corrected chi connectivity index (χ2v) is 7.95. The number of nitrogens with zero attached hydrogens (tertiary/aromatic N) is 1. The van der Waals surface area contributed by atoms with Gasteiger partial charge < -0.3 is 4.90 Å². The van der Waals surface area contributed by atoms with Crippen LogP contribution in [0, 0.1) is 13.8 Å². The number of hydrogen-bond donors (Lipinski definition) is 0. The Morgan fingerprint density at radius 1 is 1.15 bits per heavy atom. The minimum atomic E-state index is -2.99. The molecule has 1 aliphatic rings. The van der Waals surface area contributed by atoms with Crippen LogP contribution < -0.4 is 0 Å². The molecule has 1 aliphatic heterocycles. The van der Waals surface area contributed by atoms with Gasteiger partial charge in [-0.15, -0.1) is 0 Å². The lowest BCUT2D eigenvalue weighted by Gasteiger charge is -2.31. The van der Waals surface area contributed by atoms with Crippen LogP contribution in [0.25, 0.3) is 0 Å². The zero-order valence-corrected chi connectivity index (χ0v) is 13.0. The molecule has 1 fully saturated rings. The highest BCUT2D eigenvalue weighted by molar-refractivity contribution is 7.91. The maximum Gasteiger partial charge on any atom is 0.253 e. The second-order valence-electron chi connectivity index (χ2n) is 5.62. The number of benzene rings is 1. The quantitative estimate of drug-likeness (QED) is 0.838. The zero-order valence-electron chi connectivity index (χ0n) is 12.2. The molecule has 0 atom stereocenters. The lowest BCUT2D eigenvalue weighted by Crippen LogP contribution is -2.42. The number of carbonyl (C=O) groups excluding carboxylic acids is 1. The van der Waals surface area contributed by atoms with E-state index >= 15 is 0 Å². The van der Waals surface area contributed by atoms with Crippen LogP contribution in [0.1, 0.15) is 34.3 Å². The van der Waals surface area contributed by atoms with Crippen molar-refractivity contribution in [3.05, 3.63) is 34.9 Å². The van der Waals surface area contributed by atoms with Crippen LogP contribution in [0.15, 0.2) is 18.2 Å². The summed E-state index contributed by atoms with van der Waals surface area (Å²) in [5.74, 6) is 0.0000472. The van der Waals surface area contributed by atoms with Gasteiger partial charge in [-0.05, 0) is 49.9 Å². The van der Waals surface area contributed by atoms with Gasteiger partial charge in [0, 0.05) is 24.9 Å². The fourth-order valence-corrected chi connectivity index (χ4v) is 3.61. The highest BCUT2D eigenvalue weighted by Gasteiger charge is 2.29. The van der Waals surface area contributed by atoms with Crippen LogP contribution in [0.2, 0.25) is 0 Å². The molecule has 0 radical (unpaired) electrons. The predicted octanol–water partition coefficient (Wildman–Crippen LogP) is 1.95. The van der Waals surface area contributed by atoms with Crippen LogP contribution in [0.3, 0.4) is 0 Å². The van der Waals surface area contributed by atoms with Crippen LogP contribution >= 0.6 is 0 Å². The van der Waals surface area contributed by atoms with Crippen molar-refractivity contribution in [3.63, 3.8) is 0 Å². The molecule has 2 rings (SSSR count). The lowest BCUT2D eigenvalue weighted by atomic mass is 10.0. The third-order valence-electron chi connectivity index (χ3n) is 4.09. The van der Waals surface area contributed by atoms with Gasteiger partial charge in [-0.1, -0.05) is 6.07 Å². The molecular formula is C15H21NO3S. The van der Waals surface area contributed by atoms with E-state index < -0.39 is 9.84 Å². The Labute approximate surface area is 120 Å². The van der Waals surface area contributed by atoms with E-state index in [0.29, 0.717) is 31.5 Å². The molecule has 1 heterocycles. The fraction of sp³-hybridized carbons (Fsp3) is 0.533. The molecule has 4 nitrogen and oxygen atoms in total. The summed E-state index contributed by atoms with van der Waals surface area (Å²) in [6.45, 7) is 5.04. The van der Waals surface area contributed by atoms with Crippen LogP contribution in [0.5, 0.6) is 0 Å².